The Bertz CT molecular complexity index is 320. The maximum atomic E-state index is 12.8. The fourth-order valence-electron chi connectivity index (χ4n) is 2.48. The van der Waals surface area contributed by atoms with Crippen molar-refractivity contribution in [2.45, 2.75) is 32.7 Å². The summed E-state index contributed by atoms with van der Waals surface area (Å²) in [5.74, 6) is 0.711. The standard InChI is InChI=1S/C14H20FN/c1-2-12-4-3-9-16(10-12)11-13-5-7-14(15)8-6-13/h5-8,12H,2-4,9-11H2,1H3/t12-/m0/s1. The molecule has 0 amide bonds. The molecule has 0 bridgehead atoms. The molecule has 16 heavy (non-hydrogen) atoms. The Morgan fingerprint density at radius 2 is 2.06 bits per heavy atom. The molecule has 0 N–H and O–H groups in total. The van der Waals surface area contributed by atoms with E-state index in [9.17, 15) is 4.39 Å². The van der Waals surface area contributed by atoms with Gasteiger partial charge >= 0.3 is 0 Å². The summed E-state index contributed by atoms with van der Waals surface area (Å²) >= 11 is 0. The summed E-state index contributed by atoms with van der Waals surface area (Å²) in [6, 6.07) is 6.89. The van der Waals surface area contributed by atoms with E-state index in [0.29, 0.717) is 0 Å². The summed E-state index contributed by atoms with van der Waals surface area (Å²) in [5, 5.41) is 0. The molecular weight excluding hydrogens is 201 g/mol. The number of likely N-dealkylation sites (tertiary alicyclic amines) is 1. The molecule has 1 aliphatic rings. The summed E-state index contributed by atoms with van der Waals surface area (Å²) in [6.07, 6.45) is 3.95. The highest BCUT2D eigenvalue weighted by atomic mass is 19.1. The van der Waals surface area contributed by atoms with Gasteiger partial charge < -0.3 is 0 Å². The van der Waals surface area contributed by atoms with Crippen LogP contribution in [0.1, 0.15) is 31.7 Å². The van der Waals surface area contributed by atoms with Crippen molar-refractivity contribution < 1.29 is 4.39 Å². The van der Waals surface area contributed by atoms with E-state index in [1.807, 2.05) is 12.1 Å². The van der Waals surface area contributed by atoms with Gasteiger partial charge in [0.2, 0.25) is 0 Å². The topological polar surface area (TPSA) is 3.24 Å². The molecule has 2 rings (SSSR count). The predicted molar refractivity (Wildman–Crippen MR) is 64.7 cm³/mol. The van der Waals surface area contributed by atoms with Gasteiger partial charge in [0.1, 0.15) is 5.82 Å². The smallest absolute Gasteiger partial charge is 0.123 e. The van der Waals surface area contributed by atoms with Gasteiger partial charge in [-0.05, 0) is 43.0 Å². The fraction of sp³-hybridized carbons (Fsp3) is 0.571. The molecule has 0 saturated carbocycles. The van der Waals surface area contributed by atoms with Crippen molar-refractivity contribution in [2.75, 3.05) is 13.1 Å². The third-order valence-electron chi connectivity index (χ3n) is 3.50. The van der Waals surface area contributed by atoms with Gasteiger partial charge in [0.15, 0.2) is 0 Å². The van der Waals surface area contributed by atoms with E-state index >= 15 is 0 Å². The molecule has 1 aromatic rings. The van der Waals surface area contributed by atoms with Gasteiger partial charge in [0, 0.05) is 13.1 Å². The first kappa shape index (κ1) is 11.6. The molecular formula is C14H20FN. The van der Waals surface area contributed by atoms with Crippen LogP contribution in [0.2, 0.25) is 0 Å². The average Bonchev–Trinajstić information content (AvgIpc) is 2.32. The van der Waals surface area contributed by atoms with E-state index in [1.54, 1.807) is 12.1 Å². The Morgan fingerprint density at radius 3 is 2.75 bits per heavy atom. The first-order valence-corrected chi connectivity index (χ1v) is 6.24. The monoisotopic (exact) mass is 221 g/mol. The lowest BCUT2D eigenvalue weighted by Crippen LogP contribution is -2.34. The summed E-state index contributed by atoms with van der Waals surface area (Å²) < 4.78 is 12.8. The molecule has 0 spiro atoms. The Morgan fingerprint density at radius 1 is 1.31 bits per heavy atom. The number of piperidine rings is 1. The maximum Gasteiger partial charge on any atom is 0.123 e. The van der Waals surface area contributed by atoms with Gasteiger partial charge in [0.25, 0.3) is 0 Å². The van der Waals surface area contributed by atoms with Gasteiger partial charge in [-0.1, -0.05) is 25.5 Å². The lowest BCUT2D eigenvalue weighted by molar-refractivity contribution is 0.164. The minimum absolute atomic E-state index is 0.145. The van der Waals surface area contributed by atoms with Crippen molar-refractivity contribution in [1.29, 1.82) is 0 Å². The number of hydrogen-bond donors (Lipinski definition) is 0. The van der Waals surface area contributed by atoms with Crippen molar-refractivity contribution in [2.24, 2.45) is 5.92 Å². The lowest BCUT2D eigenvalue weighted by Gasteiger charge is -2.32. The van der Waals surface area contributed by atoms with Crippen LogP contribution in [0.5, 0.6) is 0 Å². The molecule has 2 heteroatoms. The molecule has 1 heterocycles. The Balaban J connectivity index is 1.91. The van der Waals surface area contributed by atoms with E-state index in [4.69, 9.17) is 0 Å². The van der Waals surface area contributed by atoms with Gasteiger partial charge in [-0.15, -0.1) is 0 Å². The van der Waals surface area contributed by atoms with Crippen LogP contribution in [0.4, 0.5) is 4.39 Å². The van der Waals surface area contributed by atoms with Crippen LogP contribution in [0.25, 0.3) is 0 Å². The van der Waals surface area contributed by atoms with Crippen LogP contribution in [-0.2, 0) is 6.54 Å². The number of hydrogen-bond acceptors (Lipinski definition) is 1. The van der Waals surface area contributed by atoms with E-state index in [2.05, 4.69) is 11.8 Å². The van der Waals surface area contributed by atoms with Crippen molar-refractivity contribution >= 4 is 0 Å². The van der Waals surface area contributed by atoms with Crippen molar-refractivity contribution in [3.05, 3.63) is 35.6 Å². The quantitative estimate of drug-likeness (QED) is 0.755. The summed E-state index contributed by atoms with van der Waals surface area (Å²) in [5.41, 5.74) is 1.22. The highest BCUT2D eigenvalue weighted by molar-refractivity contribution is 5.15. The summed E-state index contributed by atoms with van der Waals surface area (Å²) in [4.78, 5) is 2.49. The van der Waals surface area contributed by atoms with Crippen molar-refractivity contribution in [3.63, 3.8) is 0 Å². The van der Waals surface area contributed by atoms with Gasteiger partial charge in [-0.3, -0.25) is 4.90 Å². The number of rotatable bonds is 3. The van der Waals surface area contributed by atoms with Gasteiger partial charge in [-0.2, -0.15) is 0 Å². The Hall–Kier alpha value is -0.890. The zero-order valence-electron chi connectivity index (χ0n) is 9.95. The maximum absolute atomic E-state index is 12.8. The van der Waals surface area contributed by atoms with Gasteiger partial charge in [-0.25, -0.2) is 4.39 Å². The zero-order chi connectivity index (χ0) is 11.4. The SMILES string of the molecule is CC[C@H]1CCCN(Cc2ccc(F)cc2)C1. The molecule has 1 aromatic carbocycles. The second-order valence-electron chi connectivity index (χ2n) is 4.78. The van der Waals surface area contributed by atoms with E-state index in [-0.39, 0.29) is 5.82 Å². The van der Waals surface area contributed by atoms with Crippen molar-refractivity contribution in [3.8, 4) is 0 Å². The molecule has 1 aliphatic heterocycles. The van der Waals surface area contributed by atoms with Crippen molar-refractivity contribution in [1.82, 2.24) is 4.90 Å². The van der Waals surface area contributed by atoms with E-state index in [1.165, 1.54) is 37.9 Å². The number of halogens is 1. The van der Waals surface area contributed by atoms with Crippen LogP contribution in [-0.4, -0.2) is 18.0 Å². The van der Waals surface area contributed by atoms with Crippen LogP contribution in [0.3, 0.4) is 0 Å². The molecule has 0 aliphatic carbocycles. The van der Waals surface area contributed by atoms with E-state index in [0.717, 1.165) is 12.5 Å². The average molecular weight is 221 g/mol. The Labute approximate surface area is 97.3 Å². The Kier molecular flexibility index (Phi) is 3.94. The lowest BCUT2D eigenvalue weighted by atomic mass is 9.95. The number of benzene rings is 1. The highest BCUT2D eigenvalue weighted by Crippen LogP contribution is 2.20. The van der Waals surface area contributed by atoms with Crippen LogP contribution < -0.4 is 0 Å². The molecule has 1 nitrogen and oxygen atoms in total. The first-order chi connectivity index (χ1) is 7.78. The molecule has 1 fully saturated rings. The molecule has 1 saturated heterocycles. The van der Waals surface area contributed by atoms with Crippen LogP contribution >= 0.6 is 0 Å². The second kappa shape index (κ2) is 5.44. The first-order valence-electron chi connectivity index (χ1n) is 6.24. The molecule has 0 radical (unpaired) electrons. The highest BCUT2D eigenvalue weighted by Gasteiger charge is 2.18. The van der Waals surface area contributed by atoms with Crippen LogP contribution in [0, 0.1) is 11.7 Å². The normalized spacial score (nSPS) is 22.2. The molecule has 88 valence electrons. The third-order valence-corrected chi connectivity index (χ3v) is 3.50. The van der Waals surface area contributed by atoms with Crippen LogP contribution in [0.15, 0.2) is 24.3 Å². The predicted octanol–water partition coefficient (Wildman–Crippen LogP) is 3.45. The van der Waals surface area contributed by atoms with E-state index < -0.39 is 0 Å². The molecule has 1 atom stereocenters. The minimum atomic E-state index is -0.145. The zero-order valence-corrected chi connectivity index (χ0v) is 9.95. The second-order valence-corrected chi connectivity index (χ2v) is 4.78. The largest absolute Gasteiger partial charge is 0.299 e. The van der Waals surface area contributed by atoms with Gasteiger partial charge in [0.05, 0.1) is 0 Å². The molecule has 0 unspecified atom stereocenters. The fourth-order valence-corrected chi connectivity index (χ4v) is 2.48. The molecule has 0 aromatic heterocycles. The summed E-state index contributed by atoms with van der Waals surface area (Å²) in [7, 11) is 0. The third kappa shape index (κ3) is 3.05. The number of nitrogens with zero attached hydrogens (tertiary/aromatic N) is 1. The summed E-state index contributed by atoms with van der Waals surface area (Å²) in [6.45, 7) is 5.63. The minimum Gasteiger partial charge on any atom is -0.299 e.